The van der Waals surface area contributed by atoms with Crippen molar-refractivity contribution in [2.24, 2.45) is 12.0 Å². The van der Waals surface area contributed by atoms with E-state index in [-0.39, 0.29) is 0 Å². The average molecular weight is 347 g/mol. The Morgan fingerprint density at radius 3 is 2.91 bits per heavy atom. The lowest BCUT2D eigenvalue weighted by Gasteiger charge is -2.16. The second-order valence-electron chi connectivity index (χ2n) is 6.15. The van der Waals surface area contributed by atoms with Gasteiger partial charge in [0, 0.05) is 23.0 Å². The van der Waals surface area contributed by atoms with Crippen LogP contribution in [0.15, 0.2) is 29.3 Å². The number of rotatable bonds is 2. The van der Waals surface area contributed by atoms with E-state index in [1.807, 2.05) is 29.9 Å². The summed E-state index contributed by atoms with van der Waals surface area (Å²) in [6, 6.07) is 8.44. The number of aromatic amines is 1. The third kappa shape index (κ3) is 3.08. The van der Waals surface area contributed by atoms with Crippen molar-refractivity contribution in [3.63, 3.8) is 0 Å². The predicted molar refractivity (Wildman–Crippen MR) is 95.8 cm³/mol. The molecule has 1 N–H and O–H groups in total. The van der Waals surface area contributed by atoms with Crippen LogP contribution in [0.25, 0.3) is 21.6 Å². The summed E-state index contributed by atoms with van der Waals surface area (Å²) in [5, 5.41) is 7.47. The highest BCUT2D eigenvalue weighted by molar-refractivity contribution is 7.12. The molecule has 0 radical (unpaired) electrons. The Morgan fingerprint density at radius 2 is 2.09 bits per heavy atom. The number of aryl methyl sites for hydroxylation is 1. The molecule has 1 saturated carbocycles. The third-order valence-electron chi connectivity index (χ3n) is 4.39. The maximum atomic E-state index is 6.07. The second kappa shape index (κ2) is 6.13. The molecule has 0 amide bonds. The summed E-state index contributed by atoms with van der Waals surface area (Å²) in [5.74, 6) is 0. The molecule has 0 unspecified atom stereocenters. The lowest BCUT2D eigenvalue weighted by atomic mass is 9.96. The van der Waals surface area contributed by atoms with Gasteiger partial charge < -0.3 is 4.98 Å². The average Bonchev–Trinajstić information content (AvgIpc) is 3.12. The minimum absolute atomic E-state index is 0.463. The Kier molecular flexibility index (Phi) is 3.99. The van der Waals surface area contributed by atoms with Crippen molar-refractivity contribution in [2.45, 2.75) is 38.1 Å². The smallest absolute Gasteiger partial charge is 0.203 e. The number of nitrogens with zero attached hydrogens (tertiary/aromatic N) is 3. The van der Waals surface area contributed by atoms with Gasteiger partial charge >= 0.3 is 0 Å². The van der Waals surface area contributed by atoms with Gasteiger partial charge in [0.2, 0.25) is 4.80 Å². The summed E-state index contributed by atoms with van der Waals surface area (Å²) < 4.78 is 1.90. The summed E-state index contributed by atoms with van der Waals surface area (Å²) in [6.45, 7) is 0. The van der Waals surface area contributed by atoms with E-state index >= 15 is 0 Å². The van der Waals surface area contributed by atoms with Crippen LogP contribution in [0.4, 0.5) is 0 Å². The standard InChI is InChI=1S/C17H19ClN4S/c1-22-17(19-13-5-3-2-4-6-13)23-16(21-22)15-10-11-9-12(18)7-8-14(11)20-15/h7-10,13,20H,2-6H2,1H3/b19-17+. The number of halogens is 1. The zero-order chi connectivity index (χ0) is 15.8. The van der Waals surface area contributed by atoms with Crippen LogP contribution in [-0.4, -0.2) is 20.8 Å². The normalized spacial score (nSPS) is 17.2. The molecule has 0 saturated heterocycles. The summed E-state index contributed by atoms with van der Waals surface area (Å²) in [7, 11) is 1.97. The van der Waals surface area contributed by atoms with E-state index in [1.54, 1.807) is 11.3 Å². The molecule has 1 aliphatic rings. The van der Waals surface area contributed by atoms with Gasteiger partial charge in [0.1, 0.15) is 0 Å². The largest absolute Gasteiger partial charge is 0.353 e. The topological polar surface area (TPSA) is 46.0 Å². The van der Waals surface area contributed by atoms with Gasteiger partial charge in [-0.15, -0.1) is 0 Å². The summed E-state index contributed by atoms with van der Waals surface area (Å²) in [5.41, 5.74) is 2.10. The van der Waals surface area contributed by atoms with Crippen molar-refractivity contribution in [3.05, 3.63) is 34.1 Å². The summed E-state index contributed by atoms with van der Waals surface area (Å²) in [4.78, 5) is 9.34. The summed E-state index contributed by atoms with van der Waals surface area (Å²) in [6.07, 6.45) is 6.36. The van der Waals surface area contributed by atoms with E-state index in [0.29, 0.717) is 6.04 Å². The molecule has 6 heteroatoms. The molecule has 0 bridgehead atoms. The molecule has 1 fully saturated rings. The van der Waals surface area contributed by atoms with Gasteiger partial charge in [-0.2, -0.15) is 5.10 Å². The lowest BCUT2D eigenvalue weighted by Crippen LogP contribution is -2.18. The van der Waals surface area contributed by atoms with Crippen LogP contribution < -0.4 is 4.80 Å². The Balaban J connectivity index is 1.71. The van der Waals surface area contributed by atoms with Crippen molar-refractivity contribution in [1.29, 1.82) is 0 Å². The quantitative estimate of drug-likeness (QED) is 0.728. The summed E-state index contributed by atoms with van der Waals surface area (Å²) >= 11 is 7.71. The first-order chi connectivity index (χ1) is 11.2. The molecule has 23 heavy (non-hydrogen) atoms. The first-order valence-corrected chi connectivity index (χ1v) is 9.25. The molecule has 4 nitrogen and oxygen atoms in total. The van der Waals surface area contributed by atoms with Gasteiger partial charge in [-0.25, -0.2) is 4.68 Å². The molecule has 0 atom stereocenters. The van der Waals surface area contributed by atoms with E-state index < -0.39 is 0 Å². The SMILES string of the molecule is Cn1nc(-c2cc3cc(Cl)ccc3[nH]2)s/c1=N/C1CCCCC1. The Hall–Kier alpha value is -1.59. The number of benzene rings is 1. The number of nitrogens with one attached hydrogen (secondary N) is 1. The van der Waals surface area contributed by atoms with Gasteiger partial charge in [-0.05, 0) is 37.1 Å². The lowest BCUT2D eigenvalue weighted by molar-refractivity contribution is 0.434. The minimum atomic E-state index is 0.463. The number of aromatic nitrogens is 3. The molecule has 1 aliphatic carbocycles. The fourth-order valence-electron chi connectivity index (χ4n) is 3.16. The van der Waals surface area contributed by atoms with Crippen molar-refractivity contribution < 1.29 is 0 Å². The number of hydrogen-bond donors (Lipinski definition) is 1. The van der Waals surface area contributed by atoms with E-state index in [0.717, 1.165) is 31.4 Å². The van der Waals surface area contributed by atoms with Gasteiger partial charge in [0.15, 0.2) is 5.01 Å². The molecule has 4 rings (SSSR count). The zero-order valence-corrected chi connectivity index (χ0v) is 14.6. The molecular formula is C17H19ClN4S. The molecule has 0 aliphatic heterocycles. The van der Waals surface area contributed by atoms with E-state index in [1.165, 1.54) is 32.1 Å². The zero-order valence-electron chi connectivity index (χ0n) is 13.1. The van der Waals surface area contributed by atoms with Crippen molar-refractivity contribution in [3.8, 4) is 10.7 Å². The number of fused-ring (bicyclic) bond motifs is 1. The number of H-pyrrole nitrogens is 1. The van der Waals surface area contributed by atoms with Gasteiger partial charge in [0.05, 0.1) is 11.7 Å². The van der Waals surface area contributed by atoms with Crippen LogP contribution in [0.5, 0.6) is 0 Å². The maximum absolute atomic E-state index is 6.07. The minimum Gasteiger partial charge on any atom is -0.353 e. The first kappa shape index (κ1) is 15.0. The highest BCUT2D eigenvalue weighted by Gasteiger charge is 2.14. The van der Waals surface area contributed by atoms with Crippen LogP contribution >= 0.6 is 22.9 Å². The highest BCUT2D eigenvalue weighted by Crippen LogP contribution is 2.26. The predicted octanol–water partition coefficient (Wildman–Crippen LogP) is 4.52. The van der Waals surface area contributed by atoms with Crippen LogP contribution in [-0.2, 0) is 7.05 Å². The molecule has 2 aromatic heterocycles. The van der Waals surface area contributed by atoms with Crippen molar-refractivity contribution >= 4 is 33.8 Å². The van der Waals surface area contributed by atoms with E-state index in [2.05, 4.69) is 16.1 Å². The van der Waals surface area contributed by atoms with Gasteiger partial charge in [-0.3, -0.25) is 4.99 Å². The molecule has 1 aromatic carbocycles. The van der Waals surface area contributed by atoms with Gasteiger partial charge in [0.25, 0.3) is 0 Å². The van der Waals surface area contributed by atoms with E-state index in [4.69, 9.17) is 16.6 Å². The number of hydrogen-bond acceptors (Lipinski definition) is 3. The van der Waals surface area contributed by atoms with Crippen molar-refractivity contribution in [1.82, 2.24) is 14.8 Å². The van der Waals surface area contributed by atoms with Crippen LogP contribution in [0.1, 0.15) is 32.1 Å². The van der Waals surface area contributed by atoms with Crippen LogP contribution in [0.3, 0.4) is 0 Å². The third-order valence-corrected chi connectivity index (χ3v) is 5.67. The Morgan fingerprint density at radius 1 is 1.26 bits per heavy atom. The molecule has 2 heterocycles. The first-order valence-electron chi connectivity index (χ1n) is 8.06. The van der Waals surface area contributed by atoms with Crippen LogP contribution in [0, 0.1) is 0 Å². The highest BCUT2D eigenvalue weighted by atomic mass is 35.5. The second-order valence-corrected chi connectivity index (χ2v) is 7.54. The van der Waals surface area contributed by atoms with Crippen molar-refractivity contribution in [2.75, 3.05) is 0 Å². The molecule has 0 spiro atoms. The Bertz CT molecular complexity index is 899. The fourth-order valence-corrected chi connectivity index (χ4v) is 4.27. The van der Waals surface area contributed by atoms with E-state index in [9.17, 15) is 0 Å². The maximum Gasteiger partial charge on any atom is 0.203 e. The van der Waals surface area contributed by atoms with Crippen LogP contribution in [0.2, 0.25) is 5.02 Å². The molecule has 120 valence electrons. The monoisotopic (exact) mass is 346 g/mol. The van der Waals surface area contributed by atoms with Gasteiger partial charge in [-0.1, -0.05) is 42.2 Å². The Labute approximate surface area is 143 Å². The molecule has 3 aromatic rings. The molecular weight excluding hydrogens is 328 g/mol. The fraction of sp³-hybridized carbons (Fsp3) is 0.412.